The van der Waals surface area contributed by atoms with Gasteiger partial charge in [0, 0.05) is 11.1 Å². The zero-order valence-electron chi connectivity index (χ0n) is 8.59. The second-order valence-electron chi connectivity index (χ2n) is 3.59. The molecule has 1 unspecified atom stereocenters. The third-order valence-electron chi connectivity index (χ3n) is 1.85. The summed E-state index contributed by atoms with van der Waals surface area (Å²) in [5.41, 5.74) is 0.552. The van der Waals surface area contributed by atoms with Crippen molar-refractivity contribution in [1.82, 2.24) is 5.32 Å². The molecule has 80 valence electrons. The Morgan fingerprint density at radius 1 is 1.40 bits per heavy atom. The molecule has 1 aromatic rings. The maximum Gasteiger partial charge on any atom is 0.125 e. The molecule has 0 aliphatic rings. The van der Waals surface area contributed by atoms with Crippen molar-refractivity contribution in [2.75, 3.05) is 0 Å². The largest absolute Gasteiger partial charge is 0.296 e. The highest BCUT2D eigenvalue weighted by Crippen LogP contribution is 2.19. The van der Waals surface area contributed by atoms with Crippen molar-refractivity contribution in [3.8, 4) is 6.07 Å². The first kappa shape index (κ1) is 12.0. The van der Waals surface area contributed by atoms with Crippen LogP contribution in [0.4, 0.5) is 4.39 Å². The number of nitrogens with one attached hydrogen (secondary N) is 1. The van der Waals surface area contributed by atoms with E-state index in [0.29, 0.717) is 10.6 Å². The molecule has 4 heteroatoms. The van der Waals surface area contributed by atoms with Gasteiger partial charge in [0.05, 0.1) is 6.07 Å². The van der Waals surface area contributed by atoms with Gasteiger partial charge in [-0.3, -0.25) is 5.32 Å². The number of nitriles is 1. The average Bonchev–Trinajstić information content (AvgIpc) is 2.12. The summed E-state index contributed by atoms with van der Waals surface area (Å²) in [5.74, 6) is -0.427. The molecule has 1 N–H and O–H groups in total. The lowest BCUT2D eigenvalue weighted by molar-refractivity contribution is 0.542. The fourth-order valence-electron chi connectivity index (χ4n) is 1.28. The van der Waals surface area contributed by atoms with Gasteiger partial charge in [-0.25, -0.2) is 4.39 Å². The Kier molecular flexibility index (Phi) is 4.07. The van der Waals surface area contributed by atoms with Crippen molar-refractivity contribution >= 4 is 11.6 Å². The Morgan fingerprint density at radius 3 is 2.53 bits per heavy atom. The maximum absolute atomic E-state index is 13.0. The molecule has 0 saturated heterocycles. The predicted octanol–water partition coefficient (Wildman–Crippen LogP) is 3.04. The van der Waals surface area contributed by atoms with Gasteiger partial charge in [0.25, 0.3) is 0 Å². The van der Waals surface area contributed by atoms with Crippen molar-refractivity contribution in [3.63, 3.8) is 0 Å². The first-order valence-electron chi connectivity index (χ1n) is 4.64. The van der Waals surface area contributed by atoms with Gasteiger partial charge in [-0.15, -0.1) is 0 Å². The molecular weight excluding hydrogens is 215 g/mol. The fraction of sp³-hybridized carbons (Fsp3) is 0.364. The molecule has 0 fully saturated rings. The van der Waals surface area contributed by atoms with Gasteiger partial charge in [0.1, 0.15) is 11.9 Å². The van der Waals surface area contributed by atoms with Gasteiger partial charge in [-0.05, 0) is 37.6 Å². The van der Waals surface area contributed by atoms with Crippen LogP contribution in [0.15, 0.2) is 18.2 Å². The number of hydrogen-bond acceptors (Lipinski definition) is 2. The van der Waals surface area contributed by atoms with Crippen LogP contribution in [0.1, 0.15) is 25.5 Å². The van der Waals surface area contributed by atoms with E-state index in [1.807, 2.05) is 13.8 Å². The van der Waals surface area contributed by atoms with Crippen LogP contribution in [0, 0.1) is 17.1 Å². The molecule has 0 heterocycles. The van der Waals surface area contributed by atoms with Crippen LogP contribution in [-0.2, 0) is 0 Å². The molecule has 0 bridgehead atoms. The van der Waals surface area contributed by atoms with E-state index in [9.17, 15) is 4.39 Å². The first-order chi connectivity index (χ1) is 7.02. The Bertz CT molecular complexity index is 364. The molecule has 0 aliphatic carbocycles. The van der Waals surface area contributed by atoms with E-state index >= 15 is 0 Å². The van der Waals surface area contributed by atoms with Gasteiger partial charge in [-0.1, -0.05) is 11.6 Å². The van der Waals surface area contributed by atoms with Gasteiger partial charge in [0.2, 0.25) is 0 Å². The molecule has 0 aromatic heterocycles. The average molecular weight is 227 g/mol. The molecule has 15 heavy (non-hydrogen) atoms. The van der Waals surface area contributed by atoms with E-state index in [1.165, 1.54) is 12.1 Å². The Morgan fingerprint density at radius 2 is 2.07 bits per heavy atom. The van der Waals surface area contributed by atoms with E-state index in [1.54, 1.807) is 6.07 Å². The number of halogens is 2. The van der Waals surface area contributed by atoms with Gasteiger partial charge in [0.15, 0.2) is 0 Å². The Labute approximate surface area is 93.7 Å². The van der Waals surface area contributed by atoms with E-state index < -0.39 is 11.9 Å². The van der Waals surface area contributed by atoms with Crippen LogP contribution >= 0.6 is 11.6 Å². The Hall–Kier alpha value is -1.11. The first-order valence-corrected chi connectivity index (χ1v) is 5.02. The minimum absolute atomic E-state index is 0.150. The van der Waals surface area contributed by atoms with Crippen molar-refractivity contribution in [3.05, 3.63) is 34.6 Å². The second kappa shape index (κ2) is 5.11. The number of nitrogens with zero attached hydrogens (tertiary/aromatic N) is 1. The molecule has 0 aliphatic heterocycles. The monoisotopic (exact) mass is 226 g/mol. The van der Waals surface area contributed by atoms with Crippen molar-refractivity contribution in [2.45, 2.75) is 25.9 Å². The van der Waals surface area contributed by atoms with E-state index in [4.69, 9.17) is 16.9 Å². The van der Waals surface area contributed by atoms with Crippen molar-refractivity contribution in [1.29, 1.82) is 5.26 Å². The zero-order chi connectivity index (χ0) is 11.4. The smallest absolute Gasteiger partial charge is 0.125 e. The standard InChI is InChI=1S/C11H12ClFN2/c1-7(2)15-11(6-14)8-3-9(12)5-10(13)4-8/h3-5,7,11,15H,1-2H3. The quantitative estimate of drug-likeness (QED) is 0.860. The normalized spacial score (nSPS) is 12.5. The lowest BCUT2D eigenvalue weighted by Gasteiger charge is -2.15. The Balaban J connectivity index is 2.97. The molecular formula is C11H12ClFN2. The third-order valence-corrected chi connectivity index (χ3v) is 2.07. The summed E-state index contributed by atoms with van der Waals surface area (Å²) < 4.78 is 13.0. The molecule has 0 radical (unpaired) electrons. The number of benzene rings is 1. The lowest BCUT2D eigenvalue weighted by Crippen LogP contribution is -2.27. The van der Waals surface area contributed by atoms with E-state index in [2.05, 4.69) is 11.4 Å². The third kappa shape index (κ3) is 3.50. The van der Waals surface area contributed by atoms with Gasteiger partial charge < -0.3 is 0 Å². The van der Waals surface area contributed by atoms with Crippen LogP contribution in [-0.4, -0.2) is 6.04 Å². The molecule has 0 amide bonds. The summed E-state index contributed by atoms with van der Waals surface area (Å²) >= 11 is 5.71. The van der Waals surface area contributed by atoms with Gasteiger partial charge >= 0.3 is 0 Å². The molecule has 1 rings (SSSR count). The SMILES string of the molecule is CC(C)NC(C#N)c1cc(F)cc(Cl)c1. The maximum atomic E-state index is 13.0. The highest BCUT2D eigenvalue weighted by atomic mass is 35.5. The summed E-state index contributed by atoms with van der Waals surface area (Å²) in [5, 5.41) is 12.2. The molecule has 2 nitrogen and oxygen atoms in total. The molecule has 1 aromatic carbocycles. The summed E-state index contributed by atoms with van der Waals surface area (Å²) in [6.07, 6.45) is 0. The number of rotatable bonds is 3. The summed E-state index contributed by atoms with van der Waals surface area (Å²) in [4.78, 5) is 0. The fourth-order valence-corrected chi connectivity index (χ4v) is 1.51. The van der Waals surface area contributed by atoms with Crippen LogP contribution in [0.5, 0.6) is 0 Å². The summed E-state index contributed by atoms with van der Waals surface area (Å²) in [6, 6.07) is 5.81. The van der Waals surface area contributed by atoms with Crippen molar-refractivity contribution in [2.24, 2.45) is 0 Å². The molecule has 1 atom stereocenters. The molecule has 0 saturated carbocycles. The highest BCUT2D eigenvalue weighted by molar-refractivity contribution is 6.30. The molecule has 0 spiro atoms. The number of hydrogen-bond donors (Lipinski definition) is 1. The van der Waals surface area contributed by atoms with Crippen LogP contribution in [0.2, 0.25) is 5.02 Å². The zero-order valence-corrected chi connectivity index (χ0v) is 9.35. The van der Waals surface area contributed by atoms with Crippen LogP contribution in [0.25, 0.3) is 0 Å². The summed E-state index contributed by atoms with van der Waals surface area (Å²) in [7, 11) is 0. The predicted molar refractivity (Wildman–Crippen MR) is 58.0 cm³/mol. The highest BCUT2D eigenvalue weighted by Gasteiger charge is 2.12. The van der Waals surface area contributed by atoms with E-state index in [-0.39, 0.29) is 6.04 Å². The summed E-state index contributed by atoms with van der Waals surface area (Å²) in [6.45, 7) is 3.84. The van der Waals surface area contributed by atoms with E-state index in [0.717, 1.165) is 0 Å². The van der Waals surface area contributed by atoms with Crippen LogP contribution in [0.3, 0.4) is 0 Å². The lowest BCUT2D eigenvalue weighted by atomic mass is 10.1. The van der Waals surface area contributed by atoms with Crippen molar-refractivity contribution < 1.29 is 4.39 Å². The van der Waals surface area contributed by atoms with Gasteiger partial charge in [-0.2, -0.15) is 5.26 Å². The minimum atomic E-state index is -0.529. The topological polar surface area (TPSA) is 35.8 Å². The minimum Gasteiger partial charge on any atom is -0.296 e. The van der Waals surface area contributed by atoms with Crippen LogP contribution < -0.4 is 5.32 Å². The second-order valence-corrected chi connectivity index (χ2v) is 4.02.